The summed E-state index contributed by atoms with van der Waals surface area (Å²) in [6.45, 7) is 5.10. The van der Waals surface area contributed by atoms with Gasteiger partial charge in [-0.3, -0.25) is 4.90 Å². The number of imidazole rings is 1. The van der Waals surface area contributed by atoms with Crippen LogP contribution in [0.25, 0.3) is 5.69 Å². The number of furan rings is 1. The number of hydrogen-bond acceptors (Lipinski definition) is 4. The molecule has 0 spiro atoms. The second-order valence-corrected chi connectivity index (χ2v) is 7.07. The van der Waals surface area contributed by atoms with Crippen LogP contribution < -0.4 is 4.90 Å². The number of aryl methyl sites for hydroxylation is 1. The van der Waals surface area contributed by atoms with Crippen molar-refractivity contribution in [3.63, 3.8) is 0 Å². The van der Waals surface area contributed by atoms with Gasteiger partial charge in [0, 0.05) is 42.9 Å². The Balaban J connectivity index is 1.35. The van der Waals surface area contributed by atoms with Crippen LogP contribution in [-0.2, 0) is 6.54 Å². The summed E-state index contributed by atoms with van der Waals surface area (Å²) >= 11 is 0. The molecule has 4 rings (SSSR count). The number of hydrogen-bond donors (Lipinski definition) is 0. The first-order valence-corrected chi connectivity index (χ1v) is 9.28. The Bertz CT molecular complexity index is 814. The van der Waals surface area contributed by atoms with E-state index in [9.17, 15) is 0 Å². The van der Waals surface area contributed by atoms with Crippen LogP contribution >= 0.6 is 0 Å². The third-order valence-electron chi connectivity index (χ3n) is 5.39. The van der Waals surface area contributed by atoms with Crippen LogP contribution in [0.4, 0.5) is 5.69 Å². The molecule has 3 aromatic rings. The van der Waals surface area contributed by atoms with Crippen LogP contribution in [0.1, 0.15) is 24.4 Å². The molecule has 0 unspecified atom stereocenters. The average Bonchev–Trinajstić information content (AvgIpc) is 3.34. The van der Waals surface area contributed by atoms with Crippen molar-refractivity contribution in [2.75, 3.05) is 25.0 Å². The van der Waals surface area contributed by atoms with Gasteiger partial charge in [-0.1, -0.05) is 0 Å². The van der Waals surface area contributed by atoms with Gasteiger partial charge in [-0.25, -0.2) is 4.98 Å². The predicted molar refractivity (Wildman–Crippen MR) is 104 cm³/mol. The van der Waals surface area contributed by atoms with Crippen LogP contribution in [0.15, 0.2) is 59.5 Å². The summed E-state index contributed by atoms with van der Waals surface area (Å²) in [4.78, 5) is 9.20. The smallest absolute Gasteiger partial charge is 0.117 e. The third-order valence-corrected chi connectivity index (χ3v) is 5.39. The van der Waals surface area contributed by atoms with Crippen molar-refractivity contribution in [3.8, 4) is 5.69 Å². The minimum absolute atomic E-state index is 0.615. The normalized spacial score (nSPS) is 15.7. The maximum atomic E-state index is 5.48. The van der Waals surface area contributed by atoms with E-state index in [0.29, 0.717) is 6.04 Å². The molecule has 0 saturated carbocycles. The Labute approximate surface area is 154 Å². The van der Waals surface area contributed by atoms with Crippen molar-refractivity contribution < 1.29 is 4.42 Å². The standard InChI is InChI=1S/C21H26N4O/c1-17-22-11-14-25(17)20-7-5-19(6-8-20)24-12-9-18(10-13-24)23(2)16-21-4-3-15-26-21/h3-8,11,14-15,18H,9-10,12-13,16H2,1-2H3. The lowest BCUT2D eigenvalue weighted by molar-refractivity contribution is 0.187. The van der Waals surface area contributed by atoms with Gasteiger partial charge in [0.15, 0.2) is 0 Å². The second kappa shape index (κ2) is 7.38. The minimum atomic E-state index is 0.615. The summed E-state index contributed by atoms with van der Waals surface area (Å²) < 4.78 is 7.59. The molecule has 1 aliphatic rings. The first kappa shape index (κ1) is 16.9. The molecular formula is C21H26N4O. The van der Waals surface area contributed by atoms with Crippen molar-refractivity contribution in [2.45, 2.75) is 32.4 Å². The van der Waals surface area contributed by atoms with Crippen LogP contribution in [-0.4, -0.2) is 40.6 Å². The number of anilines is 1. The molecule has 136 valence electrons. The Kier molecular flexibility index (Phi) is 4.80. The Morgan fingerprint density at radius 2 is 1.85 bits per heavy atom. The molecule has 1 aliphatic heterocycles. The van der Waals surface area contributed by atoms with E-state index in [-0.39, 0.29) is 0 Å². The first-order chi connectivity index (χ1) is 12.7. The zero-order valence-electron chi connectivity index (χ0n) is 15.5. The zero-order chi connectivity index (χ0) is 17.9. The average molecular weight is 350 g/mol. The maximum Gasteiger partial charge on any atom is 0.117 e. The fourth-order valence-electron chi connectivity index (χ4n) is 3.82. The van der Waals surface area contributed by atoms with E-state index in [2.05, 4.69) is 56.7 Å². The third kappa shape index (κ3) is 3.53. The molecule has 0 aliphatic carbocycles. The first-order valence-electron chi connectivity index (χ1n) is 9.28. The zero-order valence-corrected chi connectivity index (χ0v) is 15.5. The maximum absolute atomic E-state index is 5.48. The fraction of sp³-hybridized carbons (Fsp3) is 0.381. The van der Waals surface area contributed by atoms with E-state index in [1.54, 1.807) is 6.26 Å². The van der Waals surface area contributed by atoms with Crippen molar-refractivity contribution >= 4 is 5.69 Å². The number of rotatable bonds is 5. The van der Waals surface area contributed by atoms with E-state index < -0.39 is 0 Å². The predicted octanol–water partition coefficient (Wildman–Crippen LogP) is 3.87. The number of benzene rings is 1. The van der Waals surface area contributed by atoms with Gasteiger partial charge in [0.05, 0.1) is 12.8 Å². The van der Waals surface area contributed by atoms with Crippen LogP contribution in [0.5, 0.6) is 0 Å². The summed E-state index contributed by atoms with van der Waals surface area (Å²) in [7, 11) is 2.20. The molecule has 0 amide bonds. The lowest BCUT2D eigenvalue weighted by Crippen LogP contribution is -2.43. The molecule has 26 heavy (non-hydrogen) atoms. The van der Waals surface area contributed by atoms with Crippen molar-refractivity contribution in [1.29, 1.82) is 0 Å². The largest absolute Gasteiger partial charge is 0.468 e. The molecule has 0 N–H and O–H groups in total. The number of piperidine rings is 1. The molecule has 1 saturated heterocycles. The molecule has 2 aromatic heterocycles. The molecule has 5 heteroatoms. The second-order valence-electron chi connectivity index (χ2n) is 7.07. The molecule has 0 radical (unpaired) electrons. The molecule has 5 nitrogen and oxygen atoms in total. The van der Waals surface area contributed by atoms with Gasteiger partial charge in [-0.05, 0) is 63.2 Å². The van der Waals surface area contributed by atoms with Gasteiger partial charge in [0.2, 0.25) is 0 Å². The summed E-state index contributed by atoms with van der Waals surface area (Å²) in [6, 6.07) is 13.4. The van der Waals surface area contributed by atoms with Gasteiger partial charge >= 0.3 is 0 Å². The highest BCUT2D eigenvalue weighted by molar-refractivity contribution is 5.51. The van der Waals surface area contributed by atoms with E-state index in [1.165, 1.54) is 18.5 Å². The molecular weight excluding hydrogens is 324 g/mol. The Hall–Kier alpha value is -2.53. The van der Waals surface area contributed by atoms with E-state index >= 15 is 0 Å². The van der Waals surface area contributed by atoms with Gasteiger partial charge in [-0.15, -0.1) is 0 Å². The topological polar surface area (TPSA) is 37.4 Å². The minimum Gasteiger partial charge on any atom is -0.468 e. The molecule has 1 fully saturated rings. The fourth-order valence-corrected chi connectivity index (χ4v) is 3.82. The number of nitrogens with zero attached hydrogens (tertiary/aromatic N) is 4. The van der Waals surface area contributed by atoms with E-state index in [1.807, 2.05) is 25.4 Å². The molecule has 1 aromatic carbocycles. The van der Waals surface area contributed by atoms with Crippen molar-refractivity contribution in [1.82, 2.24) is 14.5 Å². The quantitative estimate of drug-likeness (QED) is 0.700. The van der Waals surface area contributed by atoms with Crippen molar-refractivity contribution in [2.24, 2.45) is 0 Å². The van der Waals surface area contributed by atoms with Gasteiger partial charge in [0.25, 0.3) is 0 Å². The summed E-state index contributed by atoms with van der Waals surface area (Å²) in [5, 5.41) is 0. The Morgan fingerprint density at radius 1 is 1.12 bits per heavy atom. The van der Waals surface area contributed by atoms with Gasteiger partial charge in [0.1, 0.15) is 11.6 Å². The summed E-state index contributed by atoms with van der Waals surface area (Å²) in [5.41, 5.74) is 2.47. The van der Waals surface area contributed by atoms with Crippen LogP contribution in [0.3, 0.4) is 0 Å². The lowest BCUT2D eigenvalue weighted by atomic mass is 10.0. The van der Waals surface area contributed by atoms with E-state index in [4.69, 9.17) is 4.42 Å². The monoisotopic (exact) mass is 350 g/mol. The highest BCUT2D eigenvalue weighted by Crippen LogP contribution is 2.24. The highest BCUT2D eigenvalue weighted by Gasteiger charge is 2.23. The van der Waals surface area contributed by atoms with Gasteiger partial charge in [-0.2, -0.15) is 0 Å². The van der Waals surface area contributed by atoms with Crippen LogP contribution in [0, 0.1) is 6.92 Å². The summed E-state index contributed by atoms with van der Waals surface area (Å²) in [5.74, 6) is 2.05. The summed E-state index contributed by atoms with van der Waals surface area (Å²) in [6.07, 6.45) is 7.96. The van der Waals surface area contributed by atoms with Gasteiger partial charge < -0.3 is 13.9 Å². The number of aromatic nitrogens is 2. The molecule has 0 bridgehead atoms. The lowest BCUT2D eigenvalue weighted by Gasteiger charge is -2.37. The highest BCUT2D eigenvalue weighted by atomic mass is 16.3. The Morgan fingerprint density at radius 3 is 2.46 bits per heavy atom. The molecule has 0 atom stereocenters. The molecule has 3 heterocycles. The SMILES string of the molecule is Cc1nccn1-c1ccc(N2CCC(N(C)Cc3ccco3)CC2)cc1. The van der Waals surface area contributed by atoms with Crippen molar-refractivity contribution in [3.05, 3.63) is 66.6 Å². The van der Waals surface area contributed by atoms with E-state index in [0.717, 1.165) is 36.9 Å². The van der Waals surface area contributed by atoms with Crippen LogP contribution in [0.2, 0.25) is 0 Å².